The molecule has 0 bridgehead atoms. The van der Waals surface area contributed by atoms with Crippen molar-refractivity contribution in [1.29, 1.82) is 5.26 Å². The zero-order chi connectivity index (χ0) is 18.2. The lowest BCUT2D eigenvalue weighted by Crippen LogP contribution is -2.13. The Hall–Kier alpha value is -1.81. The highest BCUT2D eigenvalue weighted by molar-refractivity contribution is 5.84. The first-order valence-electron chi connectivity index (χ1n) is 10.7. The molecule has 0 spiro atoms. The zero-order valence-electron chi connectivity index (χ0n) is 16.3. The highest BCUT2D eigenvalue weighted by Crippen LogP contribution is 2.38. The molecule has 0 atom stereocenters. The van der Waals surface area contributed by atoms with E-state index in [2.05, 4.69) is 37.3 Å². The monoisotopic (exact) mass is 347 g/mol. The first-order valence-corrected chi connectivity index (χ1v) is 10.7. The minimum absolute atomic E-state index is 0.732. The van der Waals surface area contributed by atoms with E-state index in [1.807, 2.05) is 12.1 Å². The van der Waals surface area contributed by atoms with Crippen molar-refractivity contribution in [2.24, 2.45) is 5.92 Å². The third-order valence-corrected chi connectivity index (χ3v) is 6.28. The van der Waals surface area contributed by atoms with Crippen LogP contribution >= 0.6 is 0 Å². The van der Waals surface area contributed by atoms with Gasteiger partial charge in [-0.1, -0.05) is 76.1 Å². The molecule has 1 heteroatoms. The summed E-state index contributed by atoms with van der Waals surface area (Å²) in [6.45, 7) is 2.29. The Morgan fingerprint density at radius 1 is 0.846 bits per heavy atom. The molecule has 1 nitrogen and oxygen atoms in total. The summed E-state index contributed by atoms with van der Waals surface area (Å²) in [6.07, 6.45) is 15.5. The lowest BCUT2D eigenvalue weighted by molar-refractivity contribution is 0.302. The zero-order valence-corrected chi connectivity index (χ0v) is 16.3. The van der Waals surface area contributed by atoms with E-state index < -0.39 is 0 Å². The average molecular weight is 348 g/mol. The van der Waals surface area contributed by atoms with E-state index in [0.717, 1.165) is 17.4 Å². The highest BCUT2D eigenvalue weighted by atomic mass is 14.3. The number of hydrogen-bond donors (Lipinski definition) is 0. The minimum atomic E-state index is 0.732. The van der Waals surface area contributed by atoms with Crippen molar-refractivity contribution in [1.82, 2.24) is 0 Å². The Balaban J connectivity index is 1.47. The molecule has 0 unspecified atom stereocenters. The van der Waals surface area contributed by atoms with Gasteiger partial charge in [0.25, 0.3) is 0 Å². The number of fused-ring (bicyclic) bond motifs is 1. The fourth-order valence-electron chi connectivity index (χ4n) is 4.59. The van der Waals surface area contributed by atoms with E-state index in [1.54, 1.807) is 0 Å². The molecule has 0 N–H and O–H groups in total. The quantitative estimate of drug-likeness (QED) is 0.448. The van der Waals surface area contributed by atoms with Gasteiger partial charge in [0.2, 0.25) is 0 Å². The Morgan fingerprint density at radius 3 is 2.31 bits per heavy atom. The Labute approximate surface area is 159 Å². The van der Waals surface area contributed by atoms with E-state index in [4.69, 9.17) is 5.26 Å². The number of nitrogens with zero attached hydrogens (tertiary/aromatic N) is 1. The van der Waals surface area contributed by atoms with Crippen molar-refractivity contribution in [3.8, 4) is 6.07 Å². The van der Waals surface area contributed by atoms with Gasteiger partial charge in [-0.05, 0) is 66.0 Å². The number of nitriles is 1. The summed E-state index contributed by atoms with van der Waals surface area (Å²) in [4.78, 5) is 0. The first kappa shape index (κ1) is 19.0. The third kappa shape index (κ3) is 5.10. The van der Waals surface area contributed by atoms with Crippen LogP contribution in [0.2, 0.25) is 0 Å². The van der Waals surface area contributed by atoms with Gasteiger partial charge in [-0.25, -0.2) is 0 Å². The van der Waals surface area contributed by atoms with Gasteiger partial charge in [-0.2, -0.15) is 5.26 Å². The minimum Gasteiger partial charge on any atom is -0.192 e. The van der Waals surface area contributed by atoms with E-state index in [9.17, 15) is 0 Å². The second-order valence-electron chi connectivity index (χ2n) is 8.21. The van der Waals surface area contributed by atoms with Crippen LogP contribution in [0.5, 0.6) is 0 Å². The fourth-order valence-corrected chi connectivity index (χ4v) is 4.59. The van der Waals surface area contributed by atoms with Crippen LogP contribution < -0.4 is 0 Å². The molecule has 0 amide bonds. The molecule has 26 heavy (non-hydrogen) atoms. The molecule has 1 saturated carbocycles. The predicted octanol–water partition coefficient (Wildman–Crippen LogP) is 7.74. The normalized spacial score (nSPS) is 20.2. The summed E-state index contributed by atoms with van der Waals surface area (Å²) in [5.41, 5.74) is 2.25. The van der Waals surface area contributed by atoms with Crippen molar-refractivity contribution in [3.05, 3.63) is 47.5 Å². The van der Waals surface area contributed by atoms with Crippen molar-refractivity contribution >= 4 is 10.8 Å². The molecule has 1 aliphatic carbocycles. The molecule has 0 radical (unpaired) electrons. The summed E-state index contributed by atoms with van der Waals surface area (Å²) < 4.78 is 0. The van der Waals surface area contributed by atoms with Gasteiger partial charge in [-0.3, -0.25) is 0 Å². The van der Waals surface area contributed by atoms with E-state index in [-0.39, 0.29) is 0 Å². The smallest absolute Gasteiger partial charge is 0.0991 e. The van der Waals surface area contributed by atoms with Crippen LogP contribution in [0.25, 0.3) is 10.8 Å². The summed E-state index contributed by atoms with van der Waals surface area (Å²) in [7, 11) is 0. The summed E-state index contributed by atoms with van der Waals surface area (Å²) in [6, 6.07) is 15.1. The summed E-state index contributed by atoms with van der Waals surface area (Å²) >= 11 is 0. The van der Waals surface area contributed by atoms with Gasteiger partial charge in [0.05, 0.1) is 11.6 Å². The van der Waals surface area contributed by atoms with Crippen molar-refractivity contribution < 1.29 is 0 Å². The van der Waals surface area contributed by atoms with Crippen molar-refractivity contribution in [2.45, 2.75) is 83.5 Å². The number of rotatable bonds is 8. The topological polar surface area (TPSA) is 23.8 Å². The molecular weight excluding hydrogens is 314 g/mol. The SMILES string of the molecule is CCCCCCCCC1CCC(c2ccc3cc(C#N)ccc3c2)CC1. The van der Waals surface area contributed by atoms with Gasteiger partial charge >= 0.3 is 0 Å². The van der Waals surface area contributed by atoms with Gasteiger partial charge in [-0.15, -0.1) is 0 Å². The molecule has 3 rings (SSSR count). The molecule has 2 aromatic rings. The van der Waals surface area contributed by atoms with Gasteiger partial charge in [0, 0.05) is 0 Å². The molecule has 1 aliphatic rings. The fraction of sp³-hybridized carbons (Fsp3) is 0.560. The summed E-state index contributed by atoms with van der Waals surface area (Å²) in [5, 5.41) is 11.5. The van der Waals surface area contributed by atoms with Gasteiger partial charge < -0.3 is 0 Å². The van der Waals surface area contributed by atoms with Crippen LogP contribution in [-0.4, -0.2) is 0 Å². The first-order chi connectivity index (χ1) is 12.8. The maximum Gasteiger partial charge on any atom is 0.0991 e. The van der Waals surface area contributed by atoms with Crippen LogP contribution in [0.4, 0.5) is 0 Å². The van der Waals surface area contributed by atoms with E-state index in [1.165, 1.54) is 87.0 Å². The Morgan fingerprint density at radius 2 is 1.54 bits per heavy atom. The largest absolute Gasteiger partial charge is 0.192 e. The van der Waals surface area contributed by atoms with Crippen LogP contribution in [-0.2, 0) is 0 Å². The molecule has 2 aromatic carbocycles. The summed E-state index contributed by atoms with van der Waals surface area (Å²) in [5.74, 6) is 1.70. The van der Waals surface area contributed by atoms with Gasteiger partial charge in [0.15, 0.2) is 0 Å². The lowest BCUT2D eigenvalue weighted by Gasteiger charge is -2.29. The molecule has 0 aliphatic heterocycles. The number of hydrogen-bond acceptors (Lipinski definition) is 1. The van der Waals surface area contributed by atoms with Crippen LogP contribution in [0.3, 0.4) is 0 Å². The molecule has 1 fully saturated rings. The van der Waals surface area contributed by atoms with Crippen LogP contribution in [0, 0.1) is 17.2 Å². The second-order valence-corrected chi connectivity index (χ2v) is 8.21. The average Bonchev–Trinajstić information content (AvgIpc) is 2.70. The molecule has 0 saturated heterocycles. The lowest BCUT2D eigenvalue weighted by atomic mass is 9.76. The molecule has 0 heterocycles. The third-order valence-electron chi connectivity index (χ3n) is 6.28. The Bertz CT molecular complexity index is 731. The maximum atomic E-state index is 9.05. The predicted molar refractivity (Wildman–Crippen MR) is 111 cm³/mol. The van der Waals surface area contributed by atoms with Gasteiger partial charge in [0.1, 0.15) is 0 Å². The molecule has 0 aromatic heterocycles. The van der Waals surface area contributed by atoms with Crippen molar-refractivity contribution in [2.75, 3.05) is 0 Å². The van der Waals surface area contributed by atoms with Crippen LogP contribution in [0.15, 0.2) is 36.4 Å². The standard InChI is InChI=1S/C25H33N/c1-2-3-4-5-6-7-8-20-9-12-22(13-10-20)24-16-15-23-17-21(19-26)11-14-25(23)18-24/h11,14-18,20,22H,2-10,12-13H2,1H3. The Kier molecular flexibility index (Phi) is 7.13. The second kappa shape index (κ2) is 9.77. The van der Waals surface area contributed by atoms with E-state index >= 15 is 0 Å². The molecular formula is C25H33N. The highest BCUT2D eigenvalue weighted by Gasteiger charge is 2.22. The van der Waals surface area contributed by atoms with Crippen LogP contribution in [0.1, 0.15) is 94.6 Å². The van der Waals surface area contributed by atoms with E-state index in [0.29, 0.717) is 0 Å². The van der Waals surface area contributed by atoms with Crippen molar-refractivity contribution in [3.63, 3.8) is 0 Å². The molecule has 138 valence electrons. The maximum absolute atomic E-state index is 9.05. The number of benzene rings is 2. The number of unbranched alkanes of at least 4 members (excludes halogenated alkanes) is 5.